The lowest BCUT2D eigenvalue weighted by atomic mass is 10.1. The number of aliphatic hydroxyl groups excluding tert-OH is 1. The quantitative estimate of drug-likeness (QED) is 0.587. The normalized spacial score (nSPS) is 24.2. The highest BCUT2D eigenvalue weighted by Crippen LogP contribution is 2.21. The molecule has 0 aromatic rings. The monoisotopic (exact) mass is 319 g/mol. The van der Waals surface area contributed by atoms with E-state index in [0.717, 1.165) is 6.42 Å². The summed E-state index contributed by atoms with van der Waals surface area (Å²) in [6.45, 7) is 9.07. The average molecular weight is 319 g/mol. The fraction of sp³-hybridized carbons (Fsp3) is 0.929. The van der Waals surface area contributed by atoms with Gasteiger partial charge >= 0.3 is 8.80 Å². The highest BCUT2D eigenvalue weighted by molar-refractivity contribution is 6.60. The largest absolute Gasteiger partial charge is 0.501 e. The topological polar surface area (TPSA) is 77.0 Å². The summed E-state index contributed by atoms with van der Waals surface area (Å²) in [5.74, 6) is -0.0427. The number of hydrogen-bond acceptors (Lipinski definition) is 6. The van der Waals surface area contributed by atoms with E-state index in [9.17, 15) is 9.90 Å². The zero-order valence-electron chi connectivity index (χ0n) is 13.6. The number of nitrogens with one attached hydrogen (secondary N) is 1. The van der Waals surface area contributed by atoms with Gasteiger partial charge in [-0.1, -0.05) is 13.3 Å². The Balaban J connectivity index is 2.69. The zero-order chi connectivity index (χ0) is 15.9. The van der Waals surface area contributed by atoms with Crippen LogP contribution < -0.4 is 5.32 Å². The summed E-state index contributed by atoms with van der Waals surface area (Å²) in [6, 6.07) is 0.360. The lowest BCUT2D eigenvalue weighted by molar-refractivity contribution is -0.129. The zero-order valence-corrected chi connectivity index (χ0v) is 14.6. The Labute approximate surface area is 128 Å². The molecule has 2 N–H and O–H groups in total. The molecule has 1 fully saturated rings. The summed E-state index contributed by atoms with van der Waals surface area (Å²) in [6.07, 6.45) is 0.276. The lowest BCUT2D eigenvalue weighted by Crippen LogP contribution is -2.51. The van der Waals surface area contributed by atoms with E-state index in [2.05, 4.69) is 5.32 Å². The van der Waals surface area contributed by atoms with Crippen LogP contribution >= 0.6 is 0 Å². The minimum absolute atomic E-state index is 0.0427. The number of aliphatic hydroxyl groups is 1. The van der Waals surface area contributed by atoms with Gasteiger partial charge in [0.2, 0.25) is 0 Å². The molecule has 1 unspecified atom stereocenters. The van der Waals surface area contributed by atoms with Crippen LogP contribution in [0, 0.1) is 0 Å². The number of carbonyl (C=O) groups excluding carboxylic acids is 1. The highest BCUT2D eigenvalue weighted by Gasteiger charge is 2.44. The van der Waals surface area contributed by atoms with Crippen molar-refractivity contribution in [3.05, 3.63) is 0 Å². The average Bonchev–Trinajstić information content (AvgIpc) is 2.85. The molecule has 6 nitrogen and oxygen atoms in total. The summed E-state index contributed by atoms with van der Waals surface area (Å²) in [7, 11) is -2.80. The van der Waals surface area contributed by atoms with E-state index in [1.807, 2.05) is 20.8 Å². The second-order valence-electron chi connectivity index (χ2n) is 5.31. The van der Waals surface area contributed by atoms with Crippen molar-refractivity contribution in [3.63, 3.8) is 0 Å². The summed E-state index contributed by atoms with van der Waals surface area (Å²) < 4.78 is 17.6. The second kappa shape index (κ2) is 8.97. The van der Waals surface area contributed by atoms with Crippen LogP contribution in [0.2, 0.25) is 6.04 Å². The Morgan fingerprint density at radius 3 is 2.38 bits per heavy atom. The third-order valence-electron chi connectivity index (χ3n) is 3.49. The third kappa shape index (κ3) is 5.43. The molecular weight excluding hydrogens is 290 g/mol. The lowest BCUT2D eigenvalue weighted by Gasteiger charge is -2.31. The maximum absolute atomic E-state index is 12.4. The van der Waals surface area contributed by atoms with Crippen LogP contribution in [-0.2, 0) is 18.1 Å². The van der Waals surface area contributed by atoms with E-state index in [1.54, 1.807) is 6.92 Å². The predicted octanol–water partition coefficient (Wildman–Crippen LogP) is 1.11. The fourth-order valence-electron chi connectivity index (χ4n) is 2.60. The molecule has 1 saturated heterocycles. The van der Waals surface area contributed by atoms with Gasteiger partial charge in [0.25, 0.3) is 0 Å². The van der Waals surface area contributed by atoms with Gasteiger partial charge in [0.15, 0.2) is 5.78 Å². The van der Waals surface area contributed by atoms with Gasteiger partial charge in [-0.05, 0) is 27.2 Å². The molecule has 1 aliphatic heterocycles. The fourth-order valence-corrected chi connectivity index (χ4v) is 5.38. The van der Waals surface area contributed by atoms with Crippen molar-refractivity contribution in [1.29, 1.82) is 0 Å². The minimum Gasteiger partial charge on any atom is -0.392 e. The van der Waals surface area contributed by atoms with Gasteiger partial charge in [-0.25, -0.2) is 0 Å². The number of carbonyl (C=O) groups is 1. The van der Waals surface area contributed by atoms with E-state index in [-0.39, 0.29) is 11.8 Å². The third-order valence-corrected chi connectivity index (χ3v) is 6.77. The summed E-state index contributed by atoms with van der Waals surface area (Å²) in [4.78, 5) is 12.4. The molecule has 1 aliphatic rings. The van der Waals surface area contributed by atoms with Crippen molar-refractivity contribution in [2.24, 2.45) is 0 Å². The SMILES string of the molecule is CCC[Si](OCC)(OCC)OC(C)C(=O)[C@@H]1C[C@@H](O)CN1. The Morgan fingerprint density at radius 1 is 1.33 bits per heavy atom. The van der Waals surface area contributed by atoms with E-state index >= 15 is 0 Å². The smallest absolute Gasteiger partial charge is 0.392 e. The standard InChI is InChI=1S/C14H29NO5Si/c1-5-8-21(18-6-2,19-7-3)20-11(4)14(17)13-9-12(16)10-15-13/h11-13,15-16H,5-10H2,1-4H3/t11?,12-,13+/m1/s1. The molecule has 0 amide bonds. The Kier molecular flexibility index (Phi) is 8.00. The van der Waals surface area contributed by atoms with Gasteiger partial charge in [0.1, 0.15) is 6.10 Å². The number of hydrogen-bond donors (Lipinski definition) is 2. The van der Waals surface area contributed by atoms with Gasteiger partial charge in [0, 0.05) is 25.8 Å². The molecule has 0 aromatic heterocycles. The van der Waals surface area contributed by atoms with E-state index in [4.69, 9.17) is 13.3 Å². The number of β-amino-alcohol motifs (C(OH)–C–C–N with tert-alkyl or cyclic N) is 1. The second-order valence-corrected chi connectivity index (χ2v) is 7.99. The van der Waals surface area contributed by atoms with E-state index < -0.39 is 21.0 Å². The van der Waals surface area contributed by atoms with Crippen molar-refractivity contribution in [1.82, 2.24) is 5.32 Å². The molecule has 0 spiro atoms. The van der Waals surface area contributed by atoms with Crippen molar-refractivity contribution < 1.29 is 23.2 Å². The molecule has 21 heavy (non-hydrogen) atoms. The van der Waals surface area contributed by atoms with Gasteiger partial charge in [-0.2, -0.15) is 0 Å². The molecular formula is C14H29NO5Si. The maximum Gasteiger partial charge on any atom is 0.501 e. The van der Waals surface area contributed by atoms with Crippen LogP contribution in [-0.4, -0.2) is 57.7 Å². The first-order valence-corrected chi connectivity index (χ1v) is 9.82. The highest BCUT2D eigenvalue weighted by atomic mass is 28.4. The molecule has 1 rings (SSSR count). The van der Waals surface area contributed by atoms with E-state index in [1.165, 1.54) is 0 Å². The van der Waals surface area contributed by atoms with Crippen LogP contribution in [0.4, 0.5) is 0 Å². The van der Waals surface area contributed by atoms with Crippen LogP contribution in [0.5, 0.6) is 0 Å². The van der Waals surface area contributed by atoms with Gasteiger partial charge in [-0.3, -0.25) is 4.79 Å². The summed E-state index contributed by atoms with van der Waals surface area (Å²) in [5, 5.41) is 12.5. The van der Waals surface area contributed by atoms with Crippen LogP contribution in [0.1, 0.15) is 40.5 Å². The maximum atomic E-state index is 12.4. The van der Waals surface area contributed by atoms with Crippen molar-refractivity contribution in [2.75, 3.05) is 19.8 Å². The molecule has 0 radical (unpaired) electrons. The van der Waals surface area contributed by atoms with Crippen molar-refractivity contribution in [3.8, 4) is 0 Å². The Morgan fingerprint density at radius 2 is 1.95 bits per heavy atom. The van der Waals surface area contributed by atoms with Crippen LogP contribution in [0.15, 0.2) is 0 Å². The molecule has 124 valence electrons. The van der Waals surface area contributed by atoms with Gasteiger partial charge < -0.3 is 23.7 Å². The molecule has 0 saturated carbocycles. The number of ketones is 1. The first kappa shape index (κ1) is 18.7. The Hall–Kier alpha value is -0.313. The number of Topliss-reactive ketones (excluding diaryl/α,β-unsaturated/α-hetero) is 1. The molecule has 3 atom stereocenters. The molecule has 0 aromatic carbocycles. The first-order chi connectivity index (χ1) is 9.98. The molecule has 7 heteroatoms. The van der Waals surface area contributed by atoms with E-state index in [0.29, 0.717) is 32.2 Å². The van der Waals surface area contributed by atoms with Crippen LogP contribution in [0.25, 0.3) is 0 Å². The van der Waals surface area contributed by atoms with Gasteiger partial charge in [0.05, 0.1) is 12.1 Å². The van der Waals surface area contributed by atoms with Crippen molar-refractivity contribution >= 4 is 14.6 Å². The van der Waals surface area contributed by atoms with Crippen molar-refractivity contribution in [2.45, 2.75) is 64.8 Å². The molecule has 0 aliphatic carbocycles. The van der Waals surface area contributed by atoms with Crippen LogP contribution in [0.3, 0.4) is 0 Å². The molecule has 1 heterocycles. The predicted molar refractivity (Wildman–Crippen MR) is 82.1 cm³/mol. The number of rotatable bonds is 10. The molecule has 0 bridgehead atoms. The van der Waals surface area contributed by atoms with Gasteiger partial charge in [-0.15, -0.1) is 0 Å². The summed E-state index contributed by atoms with van der Waals surface area (Å²) >= 11 is 0. The summed E-state index contributed by atoms with van der Waals surface area (Å²) in [5.41, 5.74) is 0. The minimum atomic E-state index is -2.80. The Bertz CT molecular complexity index is 311. The first-order valence-electron chi connectivity index (χ1n) is 7.88.